The van der Waals surface area contributed by atoms with Gasteiger partial charge in [-0.15, -0.1) is 0 Å². The Labute approximate surface area is 107 Å². The predicted molar refractivity (Wildman–Crippen MR) is 64.7 cm³/mol. The van der Waals surface area contributed by atoms with Crippen LogP contribution in [0.3, 0.4) is 0 Å². The lowest BCUT2D eigenvalue weighted by Gasteiger charge is -2.29. The molecule has 0 aromatic rings. The number of nitrogens with one attached hydrogen (secondary N) is 1. The topological polar surface area (TPSA) is 58.6 Å². The molecule has 2 bridgehead atoms. The fourth-order valence-electron chi connectivity index (χ4n) is 3.72. The maximum atomic E-state index is 12.6. The van der Waals surface area contributed by atoms with Gasteiger partial charge < -0.3 is 15.0 Å². The van der Waals surface area contributed by atoms with Crippen molar-refractivity contribution in [2.75, 3.05) is 7.11 Å². The molecule has 4 fully saturated rings. The molecule has 3 unspecified atom stereocenters. The number of carbonyl (C=O) groups is 2. The molecular formula is C13H20N2O3. The zero-order chi connectivity index (χ0) is 13.2. The fraction of sp³-hybridized carbons (Fsp3) is 0.846. The molecule has 0 spiro atoms. The molecule has 0 radical (unpaired) electrons. The molecule has 1 N–H and O–H groups in total. The van der Waals surface area contributed by atoms with Gasteiger partial charge in [0.2, 0.25) is 5.91 Å². The number of rotatable bonds is 3. The van der Waals surface area contributed by atoms with E-state index in [9.17, 15) is 9.59 Å². The maximum absolute atomic E-state index is 12.6. The lowest BCUT2D eigenvalue weighted by atomic mass is 10.0. The van der Waals surface area contributed by atoms with Gasteiger partial charge in [0, 0.05) is 12.1 Å². The first-order valence-electron chi connectivity index (χ1n) is 6.65. The van der Waals surface area contributed by atoms with Crippen molar-refractivity contribution in [3.63, 3.8) is 0 Å². The maximum Gasteiger partial charge on any atom is 0.407 e. The molecule has 100 valence electrons. The highest BCUT2D eigenvalue weighted by Gasteiger charge is 2.84. The van der Waals surface area contributed by atoms with E-state index in [1.54, 1.807) is 0 Å². The minimum atomic E-state index is -0.534. The van der Waals surface area contributed by atoms with Crippen LogP contribution in [0.4, 0.5) is 4.79 Å². The van der Waals surface area contributed by atoms with Crippen molar-refractivity contribution in [3.8, 4) is 0 Å². The van der Waals surface area contributed by atoms with Crippen LogP contribution in [0.15, 0.2) is 0 Å². The highest BCUT2D eigenvalue weighted by Crippen LogP contribution is 2.78. The monoisotopic (exact) mass is 252 g/mol. The number of ether oxygens (including phenoxy) is 1. The number of methoxy groups -OCH3 is 1. The second-order valence-corrected chi connectivity index (χ2v) is 6.07. The Morgan fingerprint density at radius 2 is 1.83 bits per heavy atom. The molecule has 4 aliphatic rings. The van der Waals surface area contributed by atoms with Crippen LogP contribution in [-0.4, -0.2) is 42.1 Å². The lowest BCUT2D eigenvalue weighted by Crippen LogP contribution is -2.52. The zero-order valence-corrected chi connectivity index (χ0v) is 11.2. The molecule has 5 heteroatoms. The standard InChI is InChI=1S/C13H20N2O3/c1-5(2)10(14-13(17)18-4)12(16)15-6(3)7-8-9(7)11(8)15/h5-11H,1-4H3,(H,14,17)/t6-,7-,8?,9+,10?,11?/m1/s1. The van der Waals surface area contributed by atoms with E-state index in [2.05, 4.69) is 17.0 Å². The van der Waals surface area contributed by atoms with E-state index in [1.165, 1.54) is 7.11 Å². The van der Waals surface area contributed by atoms with Crippen molar-refractivity contribution in [2.24, 2.45) is 23.7 Å². The molecule has 18 heavy (non-hydrogen) atoms. The van der Waals surface area contributed by atoms with Gasteiger partial charge >= 0.3 is 6.09 Å². The van der Waals surface area contributed by atoms with Gasteiger partial charge in [0.05, 0.1) is 7.11 Å². The normalized spacial score (nSPS) is 40.3. The van der Waals surface area contributed by atoms with E-state index in [-0.39, 0.29) is 11.8 Å². The number of nitrogens with zero attached hydrogens (tertiary/aromatic N) is 1. The van der Waals surface area contributed by atoms with E-state index in [1.807, 2.05) is 18.7 Å². The molecule has 0 aromatic carbocycles. The van der Waals surface area contributed by atoms with Gasteiger partial charge in [-0.2, -0.15) is 0 Å². The molecule has 4 rings (SSSR count). The first-order valence-corrected chi connectivity index (χ1v) is 6.65. The van der Waals surface area contributed by atoms with Gasteiger partial charge in [-0.1, -0.05) is 13.8 Å². The van der Waals surface area contributed by atoms with Gasteiger partial charge in [-0.25, -0.2) is 4.79 Å². The van der Waals surface area contributed by atoms with E-state index >= 15 is 0 Å². The smallest absolute Gasteiger partial charge is 0.407 e. The first kappa shape index (κ1) is 11.8. The van der Waals surface area contributed by atoms with Crippen LogP contribution >= 0.6 is 0 Å². The predicted octanol–water partition coefficient (Wildman–Crippen LogP) is 0.842. The third-order valence-electron chi connectivity index (χ3n) is 4.80. The Hall–Kier alpha value is -1.26. The molecule has 2 aliphatic carbocycles. The summed E-state index contributed by atoms with van der Waals surface area (Å²) >= 11 is 0. The molecule has 5 nitrogen and oxygen atoms in total. The summed E-state index contributed by atoms with van der Waals surface area (Å²) < 4.78 is 4.59. The summed E-state index contributed by atoms with van der Waals surface area (Å²) in [5.41, 5.74) is 0. The Morgan fingerprint density at radius 3 is 2.22 bits per heavy atom. The quantitative estimate of drug-likeness (QED) is 0.810. The summed E-state index contributed by atoms with van der Waals surface area (Å²) in [5, 5.41) is 2.66. The molecular weight excluding hydrogens is 232 g/mol. The first-order chi connectivity index (χ1) is 8.49. The Kier molecular flexibility index (Phi) is 2.37. The third kappa shape index (κ3) is 1.39. The Bertz CT molecular complexity index is 399. The van der Waals surface area contributed by atoms with Gasteiger partial charge in [-0.05, 0) is 30.6 Å². The van der Waals surface area contributed by atoms with E-state index in [0.717, 1.165) is 17.8 Å². The van der Waals surface area contributed by atoms with Crippen molar-refractivity contribution >= 4 is 12.0 Å². The fourth-order valence-corrected chi connectivity index (χ4v) is 3.72. The molecule has 2 saturated heterocycles. The average Bonchev–Trinajstić information content (AvgIpc) is 3.16. The third-order valence-corrected chi connectivity index (χ3v) is 4.80. The van der Waals surface area contributed by atoms with Crippen LogP contribution in [0.5, 0.6) is 0 Å². The second kappa shape index (κ2) is 3.62. The van der Waals surface area contributed by atoms with Crippen molar-refractivity contribution in [1.82, 2.24) is 10.2 Å². The highest BCUT2D eigenvalue weighted by molar-refractivity contribution is 5.88. The van der Waals surface area contributed by atoms with Crippen LogP contribution in [-0.2, 0) is 9.53 Å². The van der Waals surface area contributed by atoms with Gasteiger partial charge in [0.1, 0.15) is 6.04 Å². The van der Waals surface area contributed by atoms with Crippen molar-refractivity contribution in [3.05, 3.63) is 0 Å². The zero-order valence-electron chi connectivity index (χ0n) is 11.2. The molecule has 2 amide bonds. The van der Waals surface area contributed by atoms with E-state index in [0.29, 0.717) is 12.1 Å². The number of carbonyl (C=O) groups excluding carboxylic acids is 2. The van der Waals surface area contributed by atoms with E-state index < -0.39 is 12.1 Å². The second-order valence-electron chi connectivity index (χ2n) is 6.07. The van der Waals surface area contributed by atoms with E-state index in [4.69, 9.17) is 0 Å². The number of alkyl carbamates (subject to hydrolysis) is 1. The van der Waals surface area contributed by atoms with Crippen LogP contribution in [0.2, 0.25) is 0 Å². The number of hydrogen-bond acceptors (Lipinski definition) is 3. The molecule has 2 aliphatic heterocycles. The summed E-state index contributed by atoms with van der Waals surface area (Å²) in [7, 11) is 1.32. The average molecular weight is 252 g/mol. The summed E-state index contributed by atoms with van der Waals surface area (Å²) in [6, 6.07) is 0.343. The SMILES string of the molecule is COC(=O)NC(C(=O)N1C2C3[C@@H]2[C@@H]3[C@H]1C)C(C)C. The molecule has 6 atom stereocenters. The van der Waals surface area contributed by atoms with Gasteiger partial charge in [0.15, 0.2) is 0 Å². The largest absolute Gasteiger partial charge is 0.453 e. The van der Waals surface area contributed by atoms with Crippen LogP contribution in [0.25, 0.3) is 0 Å². The highest BCUT2D eigenvalue weighted by atomic mass is 16.5. The molecule has 2 saturated carbocycles. The number of hydrogen-bond donors (Lipinski definition) is 1. The summed E-state index contributed by atoms with van der Waals surface area (Å²) in [4.78, 5) is 25.9. The van der Waals surface area contributed by atoms with Crippen molar-refractivity contribution < 1.29 is 14.3 Å². The Morgan fingerprint density at radius 1 is 1.22 bits per heavy atom. The summed E-state index contributed by atoms with van der Waals surface area (Å²) in [5.74, 6) is 2.41. The van der Waals surface area contributed by atoms with Crippen LogP contribution < -0.4 is 5.32 Å². The Balaban J connectivity index is 1.70. The summed E-state index contributed by atoms with van der Waals surface area (Å²) in [6.45, 7) is 6.01. The van der Waals surface area contributed by atoms with Gasteiger partial charge in [-0.3, -0.25) is 4.79 Å². The molecule has 2 heterocycles. The lowest BCUT2D eigenvalue weighted by molar-refractivity contribution is -0.135. The summed E-state index contributed by atoms with van der Waals surface area (Å²) in [6.07, 6.45) is -0.534. The minimum absolute atomic E-state index is 0.0559. The number of piperidine rings is 1. The van der Waals surface area contributed by atoms with Crippen molar-refractivity contribution in [2.45, 2.75) is 38.9 Å². The minimum Gasteiger partial charge on any atom is -0.453 e. The number of fused-ring (bicyclic) bond motifs is 1. The molecule has 0 aromatic heterocycles. The van der Waals surface area contributed by atoms with Gasteiger partial charge in [0.25, 0.3) is 0 Å². The van der Waals surface area contributed by atoms with Crippen LogP contribution in [0.1, 0.15) is 20.8 Å². The number of amides is 2. The van der Waals surface area contributed by atoms with Crippen molar-refractivity contribution in [1.29, 1.82) is 0 Å². The van der Waals surface area contributed by atoms with Crippen LogP contribution in [0, 0.1) is 23.7 Å².